The third-order valence-corrected chi connectivity index (χ3v) is 7.31. The average Bonchev–Trinajstić information content (AvgIpc) is 2.73. The molecule has 0 aromatic heterocycles. The Labute approximate surface area is 173 Å². The van der Waals surface area contributed by atoms with Crippen LogP contribution in [0.2, 0.25) is 0 Å². The molecule has 2 aliphatic rings. The number of carbonyl (C=O) groups is 1. The summed E-state index contributed by atoms with van der Waals surface area (Å²) in [4.78, 5) is 12.6. The fourth-order valence-electron chi connectivity index (χ4n) is 5.20. The van der Waals surface area contributed by atoms with E-state index >= 15 is 0 Å². The van der Waals surface area contributed by atoms with Crippen molar-refractivity contribution >= 4 is 5.97 Å². The Kier molecular flexibility index (Phi) is 10.4. The van der Waals surface area contributed by atoms with Crippen molar-refractivity contribution in [2.24, 2.45) is 17.3 Å². The van der Waals surface area contributed by atoms with Crippen LogP contribution in [0.3, 0.4) is 0 Å². The molecule has 2 rings (SSSR count). The lowest BCUT2D eigenvalue weighted by atomic mass is 9.71. The second-order valence-electron chi connectivity index (χ2n) is 9.55. The molecule has 2 aliphatic carbocycles. The second-order valence-corrected chi connectivity index (χ2v) is 9.55. The quantitative estimate of drug-likeness (QED) is 0.274. The maximum Gasteiger partial charge on any atom is 0.309 e. The highest BCUT2D eigenvalue weighted by Crippen LogP contribution is 2.41. The highest BCUT2D eigenvalue weighted by molar-refractivity contribution is 5.72. The monoisotopic (exact) mass is 389 g/mol. The Morgan fingerprint density at radius 1 is 0.929 bits per heavy atom. The number of ether oxygens (including phenoxy) is 1. The van der Waals surface area contributed by atoms with Crippen LogP contribution < -0.4 is 0 Å². The van der Waals surface area contributed by atoms with Gasteiger partial charge in [0.2, 0.25) is 0 Å². The molecule has 3 heteroatoms. The van der Waals surface area contributed by atoms with Gasteiger partial charge in [-0.25, -0.2) is 0 Å². The molecule has 0 saturated heterocycles. The zero-order valence-corrected chi connectivity index (χ0v) is 18.5. The van der Waals surface area contributed by atoms with E-state index in [-0.39, 0.29) is 23.4 Å². The molecular formula is C25H43NO2. The van der Waals surface area contributed by atoms with Gasteiger partial charge in [0.05, 0.1) is 17.4 Å². The molecule has 0 atom stereocenters. The smallest absolute Gasteiger partial charge is 0.309 e. The first kappa shape index (κ1) is 23.2. The summed E-state index contributed by atoms with van der Waals surface area (Å²) >= 11 is 0. The van der Waals surface area contributed by atoms with E-state index in [2.05, 4.69) is 19.9 Å². The first-order chi connectivity index (χ1) is 13.6. The zero-order chi connectivity index (χ0) is 20.2. The Hall–Kier alpha value is -1.04. The van der Waals surface area contributed by atoms with Gasteiger partial charge in [-0.15, -0.1) is 0 Å². The highest BCUT2D eigenvalue weighted by Gasteiger charge is 2.37. The van der Waals surface area contributed by atoms with Gasteiger partial charge in [-0.2, -0.15) is 5.26 Å². The fraction of sp³-hybridized carbons (Fsp3) is 0.920. The number of rotatable bonds is 11. The van der Waals surface area contributed by atoms with E-state index in [0.29, 0.717) is 0 Å². The molecule has 0 aromatic carbocycles. The van der Waals surface area contributed by atoms with Crippen molar-refractivity contribution in [2.75, 3.05) is 0 Å². The third-order valence-electron chi connectivity index (χ3n) is 7.31. The van der Waals surface area contributed by atoms with Crippen LogP contribution in [0.25, 0.3) is 0 Å². The predicted molar refractivity (Wildman–Crippen MR) is 115 cm³/mol. The lowest BCUT2D eigenvalue weighted by Gasteiger charge is -2.35. The van der Waals surface area contributed by atoms with E-state index in [1.807, 2.05) is 0 Å². The van der Waals surface area contributed by atoms with Crippen LogP contribution in [0.5, 0.6) is 0 Å². The van der Waals surface area contributed by atoms with Crippen molar-refractivity contribution in [3.05, 3.63) is 0 Å². The number of hydrogen-bond acceptors (Lipinski definition) is 3. The summed E-state index contributed by atoms with van der Waals surface area (Å²) < 4.78 is 5.90. The molecule has 0 heterocycles. The van der Waals surface area contributed by atoms with Crippen LogP contribution in [0, 0.1) is 28.6 Å². The van der Waals surface area contributed by atoms with Crippen molar-refractivity contribution in [1.29, 1.82) is 5.26 Å². The van der Waals surface area contributed by atoms with Gasteiger partial charge in [0.15, 0.2) is 0 Å². The topological polar surface area (TPSA) is 50.1 Å². The molecule has 0 amide bonds. The van der Waals surface area contributed by atoms with E-state index in [1.54, 1.807) is 0 Å². The standard InChI is InChI=1S/C25H43NO2/c1-3-5-7-9-17-25(20-26)18-15-23(16-19-25)28-24(27)22-13-11-21(12-14-22)10-8-6-4-2/h21-23H,3-19H2,1-2H3. The van der Waals surface area contributed by atoms with Crippen LogP contribution in [0.4, 0.5) is 0 Å². The summed E-state index contributed by atoms with van der Waals surface area (Å²) in [6.07, 6.45) is 19.3. The van der Waals surface area contributed by atoms with Crippen LogP contribution in [-0.4, -0.2) is 12.1 Å². The first-order valence-corrected chi connectivity index (χ1v) is 12.2. The molecule has 0 unspecified atom stereocenters. The van der Waals surface area contributed by atoms with E-state index in [0.717, 1.165) is 57.3 Å². The summed E-state index contributed by atoms with van der Waals surface area (Å²) in [5, 5.41) is 9.71. The van der Waals surface area contributed by atoms with Gasteiger partial charge in [-0.1, -0.05) is 65.2 Å². The Balaban J connectivity index is 1.67. The first-order valence-electron chi connectivity index (χ1n) is 12.2. The van der Waals surface area contributed by atoms with Gasteiger partial charge in [-0.05, 0) is 63.7 Å². The summed E-state index contributed by atoms with van der Waals surface area (Å²) in [6, 6.07) is 2.62. The molecule has 160 valence electrons. The van der Waals surface area contributed by atoms with E-state index in [9.17, 15) is 10.1 Å². The van der Waals surface area contributed by atoms with E-state index in [1.165, 1.54) is 57.8 Å². The van der Waals surface area contributed by atoms with Crippen molar-refractivity contribution in [3.8, 4) is 6.07 Å². The highest BCUT2D eigenvalue weighted by atomic mass is 16.5. The second kappa shape index (κ2) is 12.5. The summed E-state index contributed by atoms with van der Waals surface area (Å²) in [7, 11) is 0. The molecule has 0 aliphatic heterocycles. The third kappa shape index (κ3) is 7.41. The molecule has 0 bridgehead atoms. The normalized spacial score (nSPS) is 30.5. The molecular weight excluding hydrogens is 346 g/mol. The van der Waals surface area contributed by atoms with E-state index in [4.69, 9.17) is 4.74 Å². The van der Waals surface area contributed by atoms with Gasteiger partial charge in [0.25, 0.3) is 0 Å². The minimum atomic E-state index is -0.160. The van der Waals surface area contributed by atoms with Crippen LogP contribution in [0.1, 0.15) is 123 Å². The van der Waals surface area contributed by atoms with Crippen molar-refractivity contribution < 1.29 is 9.53 Å². The lowest BCUT2D eigenvalue weighted by Crippen LogP contribution is -2.33. The minimum Gasteiger partial charge on any atom is -0.462 e. The lowest BCUT2D eigenvalue weighted by molar-refractivity contribution is -0.158. The molecule has 0 aromatic rings. The molecule has 2 saturated carbocycles. The number of nitrogens with zero attached hydrogens (tertiary/aromatic N) is 1. The molecule has 28 heavy (non-hydrogen) atoms. The van der Waals surface area contributed by atoms with Crippen LogP contribution in [-0.2, 0) is 9.53 Å². The molecule has 0 radical (unpaired) electrons. The maximum absolute atomic E-state index is 12.6. The fourth-order valence-corrected chi connectivity index (χ4v) is 5.20. The van der Waals surface area contributed by atoms with Gasteiger partial charge in [0, 0.05) is 0 Å². The average molecular weight is 390 g/mol. The number of nitriles is 1. The largest absolute Gasteiger partial charge is 0.462 e. The van der Waals surface area contributed by atoms with Crippen LogP contribution in [0.15, 0.2) is 0 Å². The van der Waals surface area contributed by atoms with Crippen molar-refractivity contribution in [1.82, 2.24) is 0 Å². The SMILES string of the molecule is CCCCCCC1(C#N)CCC(OC(=O)C2CCC(CCCCC)CC2)CC1. The maximum atomic E-state index is 12.6. The zero-order valence-electron chi connectivity index (χ0n) is 18.5. The molecule has 3 nitrogen and oxygen atoms in total. The van der Waals surface area contributed by atoms with Gasteiger partial charge in [0.1, 0.15) is 6.10 Å². The Bertz CT molecular complexity index is 479. The van der Waals surface area contributed by atoms with Crippen molar-refractivity contribution in [3.63, 3.8) is 0 Å². The summed E-state index contributed by atoms with van der Waals surface area (Å²) in [5.74, 6) is 0.998. The molecule has 0 N–H and O–H groups in total. The van der Waals surface area contributed by atoms with Crippen molar-refractivity contribution in [2.45, 2.75) is 129 Å². The van der Waals surface area contributed by atoms with Gasteiger partial charge in [-0.3, -0.25) is 4.79 Å². The number of hydrogen-bond donors (Lipinski definition) is 0. The van der Waals surface area contributed by atoms with E-state index < -0.39 is 0 Å². The predicted octanol–water partition coefficient (Wildman–Crippen LogP) is 7.34. The summed E-state index contributed by atoms with van der Waals surface area (Å²) in [6.45, 7) is 4.48. The Morgan fingerprint density at radius 3 is 2.18 bits per heavy atom. The Morgan fingerprint density at radius 2 is 1.57 bits per heavy atom. The van der Waals surface area contributed by atoms with Gasteiger partial charge < -0.3 is 4.74 Å². The minimum absolute atomic E-state index is 0.0458. The number of esters is 1. The van der Waals surface area contributed by atoms with Crippen LogP contribution >= 0.6 is 0 Å². The number of unbranched alkanes of at least 4 members (excludes halogenated alkanes) is 5. The van der Waals surface area contributed by atoms with Gasteiger partial charge >= 0.3 is 5.97 Å². The molecule has 0 spiro atoms. The number of carbonyl (C=O) groups excluding carboxylic acids is 1. The molecule has 2 fully saturated rings. The summed E-state index contributed by atoms with van der Waals surface area (Å²) in [5.41, 5.74) is -0.160.